The minimum atomic E-state index is 0.725. The molecule has 0 saturated carbocycles. The number of nitrogens with zero attached hydrogens (tertiary/aromatic N) is 4. The lowest BCUT2D eigenvalue weighted by atomic mass is 9.98. The van der Waals surface area contributed by atoms with Crippen molar-refractivity contribution in [3.05, 3.63) is 46.1 Å². The van der Waals surface area contributed by atoms with Crippen LogP contribution >= 0.6 is 11.8 Å². The van der Waals surface area contributed by atoms with E-state index in [1.807, 2.05) is 42.2 Å². The monoisotopic (exact) mass is 314 g/mol. The zero-order chi connectivity index (χ0) is 15.9. The SMILES string of the molecule is CN=CN(C)CN(C)C1=CC=C(C#N)CC(C2=CSCC2)=C1. The summed E-state index contributed by atoms with van der Waals surface area (Å²) >= 11 is 1.85. The van der Waals surface area contributed by atoms with E-state index >= 15 is 0 Å². The van der Waals surface area contributed by atoms with Crippen LogP contribution < -0.4 is 0 Å². The Bertz CT molecular complexity index is 605. The first-order valence-corrected chi connectivity index (χ1v) is 8.35. The van der Waals surface area contributed by atoms with E-state index < -0.39 is 0 Å². The summed E-state index contributed by atoms with van der Waals surface area (Å²) < 4.78 is 0. The maximum Gasteiger partial charge on any atom is 0.0950 e. The van der Waals surface area contributed by atoms with Crippen LogP contribution in [-0.4, -0.2) is 49.7 Å². The molecule has 1 aliphatic carbocycles. The van der Waals surface area contributed by atoms with Gasteiger partial charge in [-0.3, -0.25) is 4.99 Å². The molecule has 2 rings (SSSR count). The van der Waals surface area contributed by atoms with Crippen LogP contribution in [0.4, 0.5) is 0 Å². The Hall–Kier alpha value is -1.93. The van der Waals surface area contributed by atoms with Gasteiger partial charge in [0.15, 0.2) is 0 Å². The summed E-state index contributed by atoms with van der Waals surface area (Å²) in [5.74, 6) is 1.14. The Balaban J connectivity index is 2.23. The maximum absolute atomic E-state index is 9.28. The lowest BCUT2D eigenvalue weighted by Gasteiger charge is -2.25. The second kappa shape index (κ2) is 7.90. The molecule has 4 nitrogen and oxygen atoms in total. The van der Waals surface area contributed by atoms with Gasteiger partial charge in [0.25, 0.3) is 0 Å². The summed E-state index contributed by atoms with van der Waals surface area (Å²) in [5.41, 5.74) is 4.57. The highest BCUT2D eigenvalue weighted by Gasteiger charge is 2.16. The molecule has 0 aromatic rings. The molecule has 1 heterocycles. The predicted octanol–water partition coefficient (Wildman–Crippen LogP) is 3.15. The molecule has 0 amide bonds. The van der Waals surface area contributed by atoms with Gasteiger partial charge in [0.1, 0.15) is 0 Å². The molecule has 0 fully saturated rings. The van der Waals surface area contributed by atoms with Gasteiger partial charge in [0.2, 0.25) is 0 Å². The first-order valence-electron chi connectivity index (χ1n) is 7.30. The van der Waals surface area contributed by atoms with Crippen molar-refractivity contribution in [3.8, 4) is 6.07 Å². The number of nitriles is 1. The highest BCUT2D eigenvalue weighted by molar-refractivity contribution is 8.02. The lowest BCUT2D eigenvalue weighted by molar-refractivity contribution is 0.308. The zero-order valence-corrected chi connectivity index (χ0v) is 14.2. The second-order valence-corrected chi connectivity index (χ2v) is 6.45. The molecule has 0 N–H and O–H groups in total. The van der Waals surface area contributed by atoms with E-state index in [0.717, 1.165) is 36.5 Å². The van der Waals surface area contributed by atoms with E-state index in [9.17, 15) is 5.26 Å². The smallest absolute Gasteiger partial charge is 0.0950 e. The van der Waals surface area contributed by atoms with E-state index in [1.165, 1.54) is 11.1 Å². The number of hydrogen-bond donors (Lipinski definition) is 0. The Morgan fingerprint density at radius 2 is 2.18 bits per heavy atom. The summed E-state index contributed by atoms with van der Waals surface area (Å²) in [7, 11) is 5.83. The summed E-state index contributed by atoms with van der Waals surface area (Å²) in [5, 5.41) is 11.5. The van der Waals surface area contributed by atoms with Crippen molar-refractivity contribution < 1.29 is 0 Å². The molecule has 5 heteroatoms. The topological polar surface area (TPSA) is 42.6 Å². The van der Waals surface area contributed by atoms with Crippen molar-refractivity contribution in [1.82, 2.24) is 9.80 Å². The number of rotatable bonds is 5. The van der Waals surface area contributed by atoms with Crippen molar-refractivity contribution in [2.45, 2.75) is 12.8 Å². The van der Waals surface area contributed by atoms with Gasteiger partial charge in [0, 0.05) is 44.6 Å². The lowest BCUT2D eigenvalue weighted by Crippen LogP contribution is -2.31. The first kappa shape index (κ1) is 16.4. The normalized spacial score (nSPS) is 18.1. The van der Waals surface area contributed by atoms with Gasteiger partial charge >= 0.3 is 0 Å². The third kappa shape index (κ3) is 4.28. The number of allylic oxidation sites excluding steroid dienone is 6. The molecular weight excluding hydrogens is 292 g/mol. The van der Waals surface area contributed by atoms with Crippen LogP contribution in [0.25, 0.3) is 0 Å². The first-order chi connectivity index (χ1) is 10.6. The standard InChI is InChI=1S/C17H22N4S/c1-19-12-20(2)13-21(3)17-5-4-14(10-18)8-16(9-17)15-6-7-22-11-15/h4-5,9,11-12H,6-8,13H2,1-3H3. The largest absolute Gasteiger partial charge is 0.357 e. The Kier molecular flexibility index (Phi) is 5.91. The molecule has 0 atom stereocenters. The van der Waals surface area contributed by atoms with E-state index in [0.29, 0.717) is 0 Å². The zero-order valence-electron chi connectivity index (χ0n) is 13.4. The summed E-state index contributed by atoms with van der Waals surface area (Å²) in [6.07, 6.45) is 9.81. The molecular formula is C17H22N4S. The highest BCUT2D eigenvalue weighted by Crippen LogP contribution is 2.33. The number of hydrogen-bond acceptors (Lipinski definition) is 4. The van der Waals surface area contributed by atoms with E-state index in [2.05, 4.69) is 34.5 Å². The third-order valence-corrected chi connectivity index (χ3v) is 4.51. The van der Waals surface area contributed by atoms with Crippen molar-refractivity contribution in [2.75, 3.05) is 33.6 Å². The van der Waals surface area contributed by atoms with E-state index in [1.54, 1.807) is 7.05 Å². The molecule has 1 aliphatic heterocycles. The summed E-state index contributed by atoms with van der Waals surface area (Å²) in [6, 6.07) is 2.31. The van der Waals surface area contributed by atoms with Crippen LogP contribution in [0.15, 0.2) is 51.0 Å². The van der Waals surface area contributed by atoms with Crippen LogP contribution in [0.5, 0.6) is 0 Å². The van der Waals surface area contributed by atoms with E-state index in [-0.39, 0.29) is 0 Å². The van der Waals surface area contributed by atoms with Crippen LogP contribution in [0, 0.1) is 11.3 Å². The molecule has 0 saturated heterocycles. The van der Waals surface area contributed by atoms with Crippen molar-refractivity contribution in [2.24, 2.45) is 4.99 Å². The van der Waals surface area contributed by atoms with E-state index in [4.69, 9.17) is 0 Å². The minimum Gasteiger partial charge on any atom is -0.357 e. The maximum atomic E-state index is 9.28. The van der Waals surface area contributed by atoms with Gasteiger partial charge in [-0.15, -0.1) is 11.8 Å². The summed E-state index contributed by atoms with van der Waals surface area (Å²) in [4.78, 5) is 8.22. The van der Waals surface area contributed by atoms with Crippen LogP contribution in [0.3, 0.4) is 0 Å². The molecule has 116 valence electrons. The molecule has 0 aromatic carbocycles. The van der Waals surface area contributed by atoms with Crippen molar-refractivity contribution >= 4 is 18.1 Å². The molecule has 0 unspecified atom stereocenters. The van der Waals surface area contributed by atoms with Crippen molar-refractivity contribution in [3.63, 3.8) is 0 Å². The predicted molar refractivity (Wildman–Crippen MR) is 94.4 cm³/mol. The van der Waals surface area contributed by atoms with Gasteiger partial charge in [-0.1, -0.05) is 0 Å². The fourth-order valence-corrected chi connectivity index (χ4v) is 3.45. The van der Waals surface area contributed by atoms with Gasteiger partial charge in [-0.25, -0.2) is 0 Å². The number of likely N-dealkylation sites (N-methyl/N-ethyl adjacent to an activating group) is 1. The average Bonchev–Trinajstić information content (AvgIpc) is 2.93. The van der Waals surface area contributed by atoms with Crippen LogP contribution in [0.1, 0.15) is 12.8 Å². The quantitative estimate of drug-likeness (QED) is 0.444. The highest BCUT2D eigenvalue weighted by atomic mass is 32.2. The van der Waals surface area contributed by atoms with Gasteiger partial charge in [-0.2, -0.15) is 5.26 Å². The molecule has 0 radical (unpaired) electrons. The minimum absolute atomic E-state index is 0.725. The molecule has 0 aromatic heterocycles. The van der Waals surface area contributed by atoms with Crippen molar-refractivity contribution in [1.29, 1.82) is 5.26 Å². The second-order valence-electron chi connectivity index (χ2n) is 5.48. The molecule has 2 aliphatic rings. The van der Waals surface area contributed by atoms with Gasteiger partial charge in [0.05, 0.1) is 19.1 Å². The average molecular weight is 314 g/mol. The molecule has 0 spiro atoms. The number of aliphatic imine (C=N–C) groups is 1. The third-order valence-electron chi connectivity index (χ3n) is 3.62. The van der Waals surface area contributed by atoms with Crippen LogP contribution in [-0.2, 0) is 0 Å². The Labute approximate surface area is 137 Å². The van der Waals surface area contributed by atoms with Gasteiger partial charge < -0.3 is 9.80 Å². The molecule has 22 heavy (non-hydrogen) atoms. The fraction of sp³-hybridized carbons (Fsp3) is 0.412. The van der Waals surface area contributed by atoms with Crippen LogP contribution in [0.2, 0.25) is 0 Å². The Morgan fingerprint density at radius 1 is 1.36 bits per heavy atom. The van der Waals surface area contributed by atoms with Gasteiger partial charge in [-0.05, 0) is 41.2 Å². The molecule has 0 bridgehead atoms. The fourth-order valence-electron chi connectivity index (χ4n) is 2.52. The number of thioether (sulfide) groups is 1. The Morgan fingerprint density at radius 3 is 2.82 bits per heavy atom. The summed E-state index contributed by atoms with van der Waals surface area (Å²) in [6.45, 7) is 0.747.